The van der Waals surface area contributed by atoms with Crippen LogP contribution in [0.5, 0.6) is 5.75 Å². The number of hydrogen-bond acceptors (Lipinski definition) is 2. The molecule has 2 aromatic heterocycles. The van der Waals surface area contributed by atoms with Crippen LogP contribution in [0.15, 0.2) is 206 Å². The summed E-state index contributed by atoms with van der Waals surface area (Å²) in [6, 6.07) is 73.7. The second kappa shape index (κ2) is 13.4. The molecule has 0 amide bonds. The zero-order valence-corrected chi connectivity index (χ0v) is 33.9. The van der Waals surface area contributed by atoms with Gasteiger partial charge in [0.2, 0.25) is 0 Å². The summed E-state index contributed by atoms with van der Waals surface area (Å²) in [6.45, 7) is 4.69. The van der Waals surface area contributed by atoms with Crippen LogP contribution in [0.1, 0.15) is 25.0 Å². The molecule has 0 unspecified atom stereocenters. The fourth-order valence-electron chi connectivity index (χ4n) is 10.1. The molecule has 0 saturated carbocycles. The van der Waals surface area contributed by atoms with Crippen LogP contribution < -0.4 is 4.90 Å². The fourth-order valence-corrected chi connectivity index (χ4v) is 10.1. The number of benzene rings is 9. The molecule has 0 atom stereocenters. The van der Waals surface area contributed by atoms with E-state index < -0.39 is 0 Å². The summed E-state index contributed by atoms with van der Waals surface area (Å²) in [6.07, 6.45) is 0. The molecule has 1 aliphatic rings. The maximum atomic E-state index is 10.3. The van der Waals surface area contributed by atoms with E-state index in [1.807, 2.05) is 12.1 Å². The van der Waals surface area contributed by atoms with E-state index in [1.165, 1.54) is 71.4 Å². The van der Waals surface area contributed by atoms with Crippen LogP contribution in [0.25, 0.3) is 77.2 Å². The molecule has 1 N–H and O–H groups in total. The molecule has 0 saturated heterocycles. The Morgan fingerprint density at radius 2 is 0.885 bits per heavy atom. The first kappa shape index (κ1) is 35.2. The number of aromatic nitrogens is 2. The van der Waals surface area contributed by atoms with E-state index in [4.69, 9.17) is 0 Å². The minimum Gasteiger partial charge on any atom is -0.508 e. The third-order valence-corrected chi connectivity index (χ3v) is 13.0. The monoisotopic (exact) mass is 783 g/mol. The van der Waals surface area contributed by atoms with Crippen LogP contribution in [0, 0.1) is 0 Å². The number of phenols is 1. The van der Waals surface area contributed by atoms with Gasteiger partial charge in [0.1, 0.15) is 5.75 Å². The van der Waals surface area contributed by atoms with E-state index >= 15 is 0 Å². The third kappa shape index (κ3) is 5.39. The molecule has 1 aliphatic carbocycles. The molecule has 12 rings (SSSR count). The van der Waals surface area contributed by atoms with Crippen LogP contribution >= 0.6 is 0 Å². The molecule has 4 heteroatoms. The summed E-state index contributed by atoms with van der Waals surface area (Å²) >= 11 is 0. The quantitative estimate of drug-likeness (QED) is 0.182. The lowest BCUT2D eigenvalue weighted by Crippen LogP contribution is -2.15. The largest absolute Gasteiger partial charge is 0.508 e. The lowest BCUT2D eigenvalue weighted by Gasteiger charge is -2.26. The van der Waals surface area contributed by atoms with E-state index in [0.717, 1.165) is 34.0 Å². The Labute approximate surface area is 354 Å². The van der Waals surface area contributed by atoms with Crippen molar-refractivity contribution >= 4 is 60.7 Å². The number of phenolic OH excluding ortho intramolecular Hbond substituents is 1. The summed E-state index contributed by atoms with van der Waals surface area (Å²) in [5, 5.41) is 15.3. The van der Waals surface area contributed by atoms with Crippen molar-refractivity contribution in [3.8, 4) is 39.4 Å². The topological polar surface area (TPSA) is 33.3 Å². The highest BCUT2D eigenvalue weighted by Gasteiger charge is 2.36. The van der Waals surface area contributed by atoms with E-state index in [1.54, 1.807) is 12.1 Å². The average Bonchev–Trinajstić information content (AvgIpc) is 3.89. The zero-order valence-electron chi connectivity index (χ0n) is 33.9. The molecule has 2 heterocycles. The summed E-state index contributed by atoms with van der Waals surface area (Å²) < 4.78 is 4.77. The van der Waals surface area contributed by atoms with E-state index in [-0.39, 0.29) is 11.2 Å². The smallest absolute Gasteiger partial charge is 0.115 e. The minimum atomic E-state index is -0.0963. The molecule has 11 aromatic rings. The van der Waals surface area contributed by atoms with Gasteiger partial charge in [-0.3, -0.25) is 0 Å². The van der Waals surface area contributed by atoms with Gasteiger partial charge in [0.15, 0.2) is 0 Å². The van der Waals surface area contributed by atoms with Crippen LogP contribution in [0.3, 0.4) is 0 Å². The first-order valence-electron chi connectivity index (χ1n) is 21.0. The first-order chi connectivity index (χ1) is 29.9. The van der Waals surface area contributed by atoms with E-state index in [2.05, 4.69) is 210 Å². The second-order valence-electron chi connectivity index (χ2n) is 16.8. The highest BCUT2D eigenvalue weighted by molar-refractivity contribution is 6.12. The normalized spacial score (nSPS) is 13.0. The Hall–Kier alpha value is -7.82. The van der Waals surface area contributed by atoms with Gasteiger partial charge in [0.25, 0.3) is 0 Å². The highest BCUT2D eigenvalue weighted by Crippen LogP contribution is 2.51. The van der Waals surface area contributed by atoms with E-state index in [9.17, 15) is 5.11 Å². The number of aromatic hydroxyl groups is 1. The Bertz CT molecular complexity index is 3480. The van der Waals surface area contributed by atoms with Gasteiger partial charge in [-0.25, -0.2) is 0 Å². The molecular formula is C57H41N3O. The van der Waals surface area contributed by atoms with Crippen molar-refractivity contribution in [1.82, 2.24) is 9.13 Å². The van der Waals surface area contributed by atoms with E-state index in [0.29, 0.717) is 0 Å². The van der Waals surface area contributed by atoms with Gasteiger partial charge in [-0.15, -0.1) is 0 Å². The van der Waals surface area contributed by atoms with Gasteiger partial charge in [0, 0.05) is 55.4 Å². The van der Waals surface area contributed by atoms with Crippen LogP contribution in [0.4, 0.5) is 17.1 Å². The van der Waals surface area contributed by atoms with Gasteiger partial charge < -0.3 is 19.1 Å². The molecule has 4 nitrogen and oxygen atoms in total. The van der Waals surface area contributed by atoms with Gasteiger partial charge >= 0.3 is 0 Å². The number of para-hydroxylation sites is 3. The highest BCUT2D eigenvalue weighted by atomic mass is 16.3. The van der Waals surface area contributed by atoms with Crippen molar-refractivity contribution in [3.63, 3.8) is 0 Å². The Balaban J connectivity index is 0.939. The predicted octanol–water partition coefficient (Wildman–Crippen LogP) is 15.0. The molecule has 0 fully saturated rings. The summed E-state index contributed by atoms with van der Waals surface area (Å²) in [7, 11) is 0. The predicted molar refractivity (Wildman–Crippen MR) is 254 cm³/mol. The number of fused-ring (bicyclic) bond motifs is 9. The maximum absolute atomic E-state index is 10.3. The minimum absolute atomic E-state index is 0.0963. The Kier molecular flexibility index (Phi) is 7.69. The van der Waals surface area contributed by atoms with Gasteiger partial charge in [0.05, 0.1) is 22.1 Å². The third-order valence-electron chi connectivity index (χ3n) is 13.0. The second-order valence-corrected chi connectivity index (χ2v) is 16.8. The van der Waals surface area contributed by atoms with Crippen molar-refractivity contribution in [3.05, 3.63) is 217 Å². The fraction of sp³-hybridized carbons (Fsp3) is 0.0526. The number of anilines is 3. The van der Waals surface area contributed by atoms with Crippen LogP contribution in [-0.4, -0.2) is 14.2 Å². The SMILES string of the molecule is CC1(C)c2ccccc2-c2cc3c4ccccc4n(-c4ccc(N(c5ccc(O)cc5)c5ccc(-c6ccc7c(c6)c6ccccc6n7-c6ccccc6)cc5)cc4)c3cc21. The Morgan fingerprint density at radius 3 is 1.57 bits per heavy atom. The molecule has 0 spiro atoms. The molecule has 0 aliphatic heterocycles. The number of hydrogen-bond donors (Lipinski definition) is 1. The molecular weight excluding hydrogens is 743 g/mol. The lowest BCUT2D eigenvalue weighted by molar-refractivity contribution is 0.475. The zero-order chi connectivity index (χ0) is 40.8. The molecule has 61 heavy (non-hydrogen) atoms. The Morgan fingerprint density at radius 1 is 0.377 bits per heavy atom. The molecule has 0 bridgehead atoms. The molecule has 0 radical (unpaired) electrons. The van der Waals surface area contributed by atoms with Crippen molar-refractivity contribution in [2.45, 2.75) is 19.3 Å². The molecule has 9 aromatic carbocycles. The van der Waals surface area contributed by atoms with Crippen molar-refractivity contribution < 1.29 is 5.11 Å². The number of rotatable bonds is 6. The standard InChI is InChI=1S/C57H41N3O/c1-57(2)51-17-9-6-14-45(51)48-35-50-47-16-8-11-19-54(47)60(56(50)36-52(48)57)43-27-25-41(26-28-43)58(42-29-31-44(61)32-30-42)40-23-20-37(21-24-40)38-22-33-55-49(34-38)46-15-7-10-18-53(46)59(55)39-12-4-3-5-13-39/h3-36,61H,1-2H3. The van der Waals surface area contributed by atoms with Gasteiger partial charge in [-0.2, -0.15) is 0 Å². The average molecular weight is 784 g/mol. The van der Waals surface area contributed by atoms with Crippen molar-refractivity contribution in [2.24, 2.45) is 0 Å². The van der Waals surface area contributed by atoms with Gasteiger partial charge in [-0.1, -0.05) is 111 Å². The summed E-state index contributed by atoms with van der Waals surface area (Å²) in [5.74, 6) is 0.238. The first-order valence-corrected chi connectivity index (χ1v) is 21.0. The van der Waals surface area contributed by atoms with Gasteiger partial charge in [-0.05, 0) is 143 Å². The van der Waals surface area contributed by atoms with Crippen LogP contribution in [-0.2, 0) is 5.41 Å². The molecule has 290 valence electrons. The lowest BCUT2D eigenvalue weighted by atomic mass is 9.82. The summed E-state index contributed by atoms with van der Waals surface area (Å²) in [5.41, 5.74) is 17.7. The summed E-state index contributed by atoms with van der Waals surface area (Å²) in [4.78, 5) is 2.25. The maximum Gasteiger partial charge on any atom is 0.115 e. The van der Waals surface area contributed by atoms with Crippen molar-refractivity contribution in [1.29, 1.82) is 0 Å². The van der Waals surface area contributed by atoms with Crippen molar-refractivity contribution in [2.75, 3.05) is 4.90 Å². The number of nitrogens with zero attached hydrogens (tertiary/aromatic N) is 3. The van der Waals surface area contributed by atoms with Crippen LogP contribution in [0.2, 0.25) is 0 Å².